The second kappa shape index (κ2) is 7.72. The van der Waals surface area contributed by atoms with Crippen molar-refractivity contribution >= 4 is 29.9 Å². The van der Waals surface area contributed by atoms with Gasteiger partial charge in [0.15, 0.2) is 5.96 Å². The van der Waals surface area contributed by atoms with Crippen molar-refractivity contribution in [1.29, 1.82) is 0 Å². The summed E-state index contributed by atoms with van der Waals surface area (Å²) in [7, 11) is 0. The molecule has 0 fully saturated rings. The molecule has 3 N–H and O–H groups in total. The standard InChI is InChI=1S/C15H25N3.HI/c1-11-7-6-8-13(9-11)12(2)10-17-14(16)18-15(3,4)5;/h6-9,12H,10H2,1-5H3,(H3,16,17,18);1H. The van der Waals surface area contributed by atoms with E-state index in [1.165, 1.54) is 11.1 Å². The lowest BCUT2D eigenvalue weighted by Gasteiger charge is -2.21. The van der Waals surface area contributed by atoms with Crippen LogP contribution in [0.25, 0.3) is 0 Å². The average molecular weight is 375 g/mol. The lowest BCUT2D eigenvalue weighted by molar-refractivity contribution is 0.507. The van der Waals surface area contributed by atoms with Gasteiger partial charge in [-0.1, -0.05) is 36.8 Å². The highest BCUT2D eigenvalue weighted by Gasteiger charge is 2.10. The van der Waals surface area contributed by atoms with Crippen LogP contribution in [0.15, 0.2) is 29.3 Å². The van der Waals surface area contributed by atoms with Gasteiger partial charge in [0, 0.05) is 18.0 Å². The van der Waals surface area contributed by atoms with Crippen LogP contribution in [0.1, 0.15) is 44.7 Å². The van der Waals surface area contributed by atoms with Crippen LogP contribution in [-0.4, -0.2) is 18.0 Å². The monoisotopic (exact) mass is 375 g/mol. The van der Waals surface area contributed by atoms with Crippen LogP contribution >= 0.6 is 24.0 Å². The van der Waals surface area contributed by atoms with Gasteiger partial charge >= 0.3 is 0 Å². The summed E-state index contributed by atoms with van der Waals surface area (Å²) >= 11 is 0. The van der Waals surface area contributed by atoms with Gasteiger partial charge in [-0.3, -0.25) is 4.99 Å². The van der Waals surface area contributed by atoms with E-state index in [0.717, 1.165) is 0 Å². The van der Waals surface area contributed by atoms with Crippen molar-refractivity contribution in [3.05, 3.63) is 35.4 Å². The van der Waals surface area contributed by atoms with Gasteiger partial charge < -0.3 is 11.1 Å². The first kappa shape index (κ1) is 18.2. The number of nitrogens with one attached hydrogen (secondary N) is 1. The number of aliphatic imine (C=N–C) groups is 1. The molecule has 19 heavy (non-hydrogen) atoms. The van der Waals surface area contributed by atoms with Gasteiger partial charge in [0.2, 0.25) is 0 Å². The first-order valence-corrected chi connectivity index (χ1v) is 6.42. The Morgan fingerprint density at radius 2 is 2.00 bits per heavy atom. The molecule has 0 heterocycles. The van der Waals surface area contributed by atoms with Gasteiger partial charge in [-0.25, -0.2) is 0 Å². The summed E-state index contributed by atoms with van der Waals surface area (Å²) in [5, 5.41) is 3.17. The molecule has 3 nitrogen and oxygen atoms in total. The van der Waals surface area contributed by atoms with Crippen LogP contribution < -0.4 is 11.1 Å². The summed E-state index contributed by atoms with van der Waals surface area (Å²) in [5.74, 6) is 0.896. The van der Waals surface area contributed by atoms with Crippen molar-refractivity contribution < 1.29 is 0 Å². The van der Waals surface area contributed by atoms with Gasteiger partial charge in [-0.2, -0.15) is 0 Å². The maximum atomic E-state index is 5.85. The average Bonchev–Trinajstić information content (AvgIpc) is 2.23. The topological polar surface area (TPSA) is 50.4 Å². The molecule has 1 aromatic rings. The number of hydrogen-bond donors (Lipinski definition) is 2. The number of benzene rings is 1. The molecule has 0 aliphatic carbocycles. The van der Waals surface area contributed by atoms with E-state index in [-0.39, 0.29) is 29.5 Å². The maximum absolute atomic E-state index is 5.85. The Bertz CT molecular complexity index is 422. The molecule has 0 saturated heterocycles. The van der Waals surface area contributed by atoms with E-state index < -0.39 is 0 Å². The summed E-state index contributed by atoms with van der Waals surface area (Å²) in [6, 6.07) is 8.53. The summed E-state index contributed by atoms with van der Waals surface area (Å²) in [5.41, 5.74) is 8.40. The second-order valence-electron chi connectivity index (χ2n) is 5.92. The second-order valence-corrected chi connectivity index (χ2v) is 5.92. The molecular formula is C15H26IN3. The minimum atomic E-state index is -0.0415. The Kier molecular flexibility index (Phi) is 7.41. The van der Waals surface area contributed by atoms with Crippen LogP contribution in [0.4, 0.5) is 0 Å². The van der Waals surface area contributed by atoms with Crippen LogP contribution in [0, 0.1) is 6.92 Å². The third-order valence-corrected chi connectivity index (χ3v) is 2.65. The predicted octanol–water partition coefficient (Wildman–Crippen LogP) is 3.42. The molecular weight excluding hydrogens is 349 g/mol. The van der Waals surface area contributed by atoms with Crippen molar-refractivity contribution in [3.8, 4) is 0 Å². The Hall–Kier alpha value is -0.780. The third kappa shape index (κ3) is 7.40. The SMILES string of the molecule is Cc1cccc(C(C)CN=C(N)NC(C)(C)C)c1.I. The van der Waals surface area contributed by atoms with Gasteiger partial charge in [0.25, 0.3) is 0 Å². The first-order valence-electron chi connectivity index (χ1n) is 6.42. The van der Waals surface area contributed by atoms with Crippen molar-refractivity contribution in [2.45, 2.75) is 46.1 Å². The molecule has 1 rings (SSSR count). The molecule has 0 aliphatic rings. The fourth-order valence-corrected chi connectivity index (χ4v) is 1.74. The molecule has 0 aliphatic heterocycles. The number of guanidine groups is 1. The number of nitrogens with zero attached hydrogens (tertiary/aromatic N) is 1. The Labute approximate surface area is 134 Å². The lowest BCUT2D eigenvalue weighted by atomic mass is 10.00. The van der Waals surface area contributed by atoms with Crippen molar-refractivity contribution in [1.82, 2.24) is 5.32 Å². The van der Waals surface area contributed by atoms with Crippen LogP contribution in [0.3, 0.4) is 0 Å². The lowest BCUT2D eigenvalue weighted by Crippen LogP contribution is -2.45. The minimum Gasteiger partial charge on any atom is -0.370 e. The fraction of sp³-hybridized carbons (Fsp3) is 0.533. The Morgan fingerprint density at radius 1 is 1.37 bits per heavy atom. The molecule has 1 aromatic carbocycles. The Morgan fingerprint density at radius 3 is 2.53 bits per heavy atom. The number of rotatable bonds is 3. The van der Waals surface area contributed by atoms with Gasteiger partial charge in [0.05, 0.1) is 0 Å². The summed E-state index contributed by atoms with van der Waals surface area (Å²) in [6.07, 6.45) is 0. The minimum absolute atomic E-state index is 0. The first-order chi connectivity index (χ1) is 8.28. The van der Waals surface area contributed by atoms with Gasteiger partial charge in [-0.05, 0) is 33.3 Å². The molecule has 0 aromatic heterocycles. The normalized spacial score (nSPS) is 13.6. The molecule has 0 amide bonds. The van der Waals surface area contributed by atoms with E-state index in [1.807, 2.05) is 0 Å². The van der Waals surface area contributed by atoms with Gasteiger partial charge in [0.1, 0.15) is 0 Å². The summed E-state index contributed by atoms with van der Waals surface area (Å²) in [6.45, 7) is 11.2. The quantitative estimate of drug-likeness (QED) is 0.483. The van der Waals surface area contributed by atoms with Crippen molar-refractivity contribution in [2.24, 2.45) is 10.7 Å². The van der Waals surface area contributed by atoms with Crippen LogP contribution in [0.2, 0.25) is 0 Å². The van der Waals surface area contributed by atoms with E-state index in [0.29, 0.717) is 18.4 Å². The zero-order valence-corrected chi connectivity index (χ0v) is 14.9. The smallest absolute Gasteiger partial charge is 0.189 e. The van der Waals surface area contributed by atoms with Crippen molar-refractivity contribution in [2.75, 3.05) is 6.54 Å². The molecule has 1 atom stereocenters. The largest absolute Gasteiger partial charge is 0.370 e. The van der Waals surface area contributed by atoms with E-state index in [4.69, 9.17) is 5.73 Å². The molecule has 1 unspecified atom stereocenters. The predicted molar refractivity (Wildman–Crippen MR) is 94.4 cm³/mol. The van der Waals surface area contributed by atoms with Crippen molar-refractivity contribution in [3.63, 3.8) is 0 Å². The molecule has 0 radical (unpaired) electrons. The van der Waals surface area contributed by atoms with E-state index in [9.17, 15) is 0 Å². The number of hydrogen-bond acceptors (Lipinski definition) is 1. The van der Waals surface area contributed by atoms with Crippen LogP contribution in [-0.2, 0) is 0 Å². The maximum Gasteiger partial charge on any atom is 0.189 e. The van der Waals surface area contributed by atoms with Crippen LogP contribution in [0.5, 0.6) is 0 Å². The molecule has 0 saturated carbocycles. The van der Waals surface area contributed by atoms with E-state index in [2.05, 4.69) is 69.2 Å². The summed E-state index contributed by atoms with van der Waals surface area (Å²) in [4.78, 5) is 4.40. The highest BCUT2D eigenvalue weighted by atomic mass is 127. The van der Waals surface area contributed by atoms with E-state index in [1.54, 1.807) is 0 Å². The highest BCUT2D eigenvalue weighted by Crippen LogP contribution is 2.16. The molecule has 4 heteroatoms. The summed E-state index contributed by atoms with van der Waals surface area (Å²) < 4.78 is 0. The number of nitrogens with two attached hydrogens (primary N) is 1. The zero-order valence-electron chi connectivity index (χ0n) is 12.5. The molecule has 0 bridgehead atoms. The highest BCUT2D eigenvalue weighted by molar-refractivity contribution is 14.0. The number of aryl methyl sites for hydroxylation is 1. The third-order valence-electron chi connectivity index (χ3n) is 2.65. The van der Waals surface area contributed by atoms with Gasteiger partial charge in [-0.15, -0.1) is 24.0 Å². The number of halogens is 1. The molecule has 108 valence electrons. The zero-order chi connectivity index (χ0) is 13.8. The van der Waals surface area contributed by atoms with E-state index >= 15 is 0 Å². The Balaban J connectivity index is 0.00000324. The fourth-order valence-electron chi connectivity index (χ4n) is 1.74. The molecule has 0 spiro atoms.